The van der Waals surface area contributed by atoms with Crippen LogP contribution >= 0.6 is 11.6 Å². The first-order valence-corrected chi connectivity index (χ1v) is 2.86. The van der Waals surface area contributed by atoms with Gasteiger partial charge in [-0.3, -0.25) is 0 Å². The van der Waals surface area contributed by atoms with Crippen LogP contribution in [0, 0.1) is 12.3 Å². The summed E-state index contributed by atoms with van der Waals surface area (Å²) in [6.45, 7) is 0. The van der Waals surface area contributed by atoms with Gasteiger partial charge in [0.05, 0.1) is 0 Å². The Balaban J connectivity index is 3.34. The summed E-state index contributed by atoms with van der Waals surface area (Å²) >= 11 is 5.56. The molecule has 0 fully saturated rings. The standard InChI is InChI=1S/C6H4ClN3/c1-2-4-5(7)9-3-10-6(4)8/h1,3H,(H2,8,9,10). The second-order valence-corrected chi connectivity index (χ2v) is 1.93. The minimum absolute atomic E-state index is 0.218. The predicted molar refractivity (Wildman–Crippen MR) is 39.4 cm³/mol. The quantitative estimate of drug-likeness (QED) is 0.441. The third-order valence-electron chi connectivity index (χ3n) is 0.975. The summed E-state index contributed by atoms with van der Waals surface area (Å²) in [6.07, 6.45) is 6.32. The Hall–Kier alpha value is -1.27. The van der Waals surface area contributed by atoms with Gasteiger partial charge in [0, 0.05) is 0 Å². The van der Waals surface area contributed by atoms with E-state index in [1.807, 2.05) is 0 Å². The van der Waals surface area contributed by atoms with Crippen molar-refractivity contribution in [2.24, 2.45) is 0 Å². The van der Waals surface area contributed by atoms with E-state index in [1.165, 1.54) is 6.33 Å². The van der Waals surface area contributed by atoms with E-state index in [4.69, 9.17) is 23.8 Å². The average Bonchev–Trinajstić information content (AvgIpc) is 1.88. The van der Waals surface area contributed by atoms with E-state index < -0.39 is 0 Å². The van der Waals surface area contributed by atoms with Crippen LogP contribution < -0.4 is 5.73 Å². The van der Waals surface area contributed by atoms with Crippen molar-refractivity contribution in [3.63, 3.8) is 0 Å². The fourth-order valence-corrected chi connectivity index (χ4v) is 0.705. The van der Waals surface area contributed by atoms with E-state index in [1.54, 1.807) is 0 Å². The van der Waals surface area contributed by atoms with Crippen LogP contribution in [-0.2, 0) is 0 Å². The molecule has 1 aromatic heterocycles. The molecular formula is C6H4ClN3. The number of nitrogen functional groups attached to an aromatic ring is 1. The van der Waals surface area contributed by atoms with Crippen LogP contribution in [0.15, 0.2) is 6.33 Å². The van der Waals surface area contributed by atoms with Gasteiger partial charge in [-0.25, -0.2) is 9.97 Å². The molecule has 3 nitrogen and oxygen atoms in total. The number of terminal acetylenes is 1. The lowest BCUT2D eigenvalue weighted by molar-refractivity contribution is 1.17. The highest BCUT2D eigenvalue weighted by molar-refractivity contribution is 6.30. The molecule has 0 saturated heterocycles. The molecule has 1 aromatic rings. The summed E-state index contributed by atoms with van der Waals surface area (Å²) in [5, 5.41) is 0.218. The Morgan fingerprint density at radius 1 is 1.60 bits per heavy atom. The van der Waals surface area contributed by atoms with Crippen LogP contribution in [-0.4, -0.2) is 9.97 Å². The topological polar surface area (TPSA) is 51.8 Å². The van der Waals surface area contributed by atoms with Gasteiger partial charge < -0.3 is 5.73 Å². The molecule has 0 aliphatic rings. The van der Waals surface area contributed by atoms with Crippen LogP contribution in [0.4, 0.5) is 5.82 Å². The van der Waals surface area contributed by atoms with Gasteiger partial charge in [0.2, 0.25) is 0 Å². The zero-order chi connectivity index (χ0) is 7.56. The summed E-state index contributed by atoms with van der Waals surface area (Å²) in [7, 11) is 0. The fraction of sp³-hybridized carbons (Fsp3) is 0. The Kier molecular flexibility index (Phi) is 1.74. The third kappa shape index (κ3) is 1.02. The minimum Gasteiger partial charge on any atom is -0.383 e. The van der Waals surface area contributed by atoms with Gasteiger partial charge >= 0.3 is 0 Å². The number of anilines is 1. The van der Waals surface area contributed by atoms with E-state index in [0.717, 1.165) is 0 Å². The number of halogens is 1. The van der Waals surface area contributed by atoms with Gasteiger partial charge in [-0.05, 0) is 0 Å². The second kappa shape index (κ2) is 2.54. The zero-order valence-electron chi connectivity index (χ0n) is 5.00. The maximum Gasteiger partial charge on any atom is 0.150 e. The van der Waals surface area contributed by atoms with Gasteiger partial charge in [0.15, 0.2) is 0 Å². The molecule has 0 atom stereocenters. The van der Waals surface area contributed by atoms with Gasteiger partial charge in [-0.15, -0.1) is 6.42 Å². The molecule has 0 aliphatic carbocycles. The molecule has 1 heterocycles. The highest BCUT2D eigenvalue weighted by atomic mass is 35.5. The smallest absolute Gasteiger partial charge is 0.150 e. The van der Waals surface area contributed by atoms with E-state index in [9.17, 15) is 0 Å². The monoisotopic (exact) mass is 153 g/mol. The van der Waals surface area contributed by atoms with Crippen molar-refractivity contribution in [1.29, 1.82) is 0 Å². The average molecular weight is 154 g/mol. The largest absolute Gasteiger partial charge is 0.383 e. The van der Waals surface area contributed by atoms with E-state index in [-0.39, 0.29) is 11.0 Å². The van der Waals surface area contributed by atoms with Gasteiger partial charge in [0.1, 0.15) is 22.9 Å². The lowest BCUT2D eigenvalue weighted by Gasteiger charge is -1.95. The van der Waals surface area contributed by atoms with Crippen molar-refractivity contribution in [3.05, 3.63) is 17.0 Å². The Bertz CT molecular complexity index is 269. The first-order valence-electron chi connectivity index (χ1n) is 2.48. The number of rotatable bonds is 0. The highest BCUT2D eigenvalue weighted by Crippen LogP contribution is 2.14. The maximum atomic E-state index is 5.56. The number of nitrogens with zero attached hydrogens (tertiary/aromatic N) is 2. The van der Waals surface area contributed by atoms with Crippen molar-refractivity contribution >= 4 is 17.4 Å². The number of nitrogens with two attached hydrogens (primary N) is 1. The van der Waals surface area contributed by atoms with E-state index in [0.29, 0.717) is 5.56 Å². The van der Waals surface area contributed by atoms with Gasteiger partial charge in [0.25, 0.3) is 0 Å². The molecule has 0 aliphatic heterocycles. The third-order valence-corrected chi connectivity index (χ3v) is 1.26. The molecule has 10 heavy (non-hydrogen) atoms. The SMILES string of the molecule is C#Cc1c(N)ncnc1Cl. The summed E-state index contributed by atoms with van der Waals surface area (Å²) < 4.78 is 0. The van der Waals surface area contributed by atoms with Crippen LogP contribution in [0.2, 0.25) is 5.15 Å². The van der Waals surface area contributed by atoms with E-state index >= 15 is 0 Å². The predicted octanol–water partition coefficient (Wildman–Crippen LogP) is 0.694. The van der Waals surface area contributed by atoms with Crippen molar-refractivity contribution in [2.75, 3.05) is 5.73 Å². The van der Waals surface area contributed by atoms with Crippen LogP contribution in [0.25, 0.3) is 0 Å². The second-order valence-electron chi connectivity index (χ2n) is 1.57. The lowest BCUT2D eigenvalue weighted by atomic mass is 10.3. The van der Waals surface area contributed by atoms with Crippen molar-refractivity contribution in [2.45, 2.75) is 0 Å². The summed E-state index contributed by atoms with van der Waals surface area (Å²) in [6, 6.07) is 0. The zero-order valence-corrected chi connectivity index (χ0v) is 5.76. The Labute approximate surface area is 63.2 Å². The fourth-order valence-electron chi connectivity index (χ4n) is 0.510. The molecule has 0 bridgehead atoms. The molecular weight excluding hydrogens is 150 g/mol. The molecule has 0 amide bonds. The molecule has 0 spiro atoms. The van der Waals surface area contributed by atoms with Crippen LogP contribution in [0.5, 0.6) is 0 Å². The Morgan fingerprint density at radius 2 is 2.30 bits per heavy atom. The van der Waals surface area contributed by atoms with E-state index in [2.05, 4.69) is 15.9 Å². The summed E-state index contributed by atoms with van der Waals surface area (Å²) in [5.74, 6) is 2.52. The van der Waals surface area contributed by atoms with Crippen molar-refractivity contribution in [3.8, 4) is 12.3 Å². The van der Waals surface area contributed by atoms with Crippen LogP contribution in [0.1, 0.15) is 5.56 Å². The maximum absolute atomic E-state index is 5.56. The lowest BCUT2D eigenvalue weighted by Crippen LogP contribution is -1.96. The number of hydrogen-bond donors (Lipinski definition) is 1. The highest BCUT2D eigenvalue weighted by Gasteiger charge is 2.01. The molecule has 0 saturated carbocycles. The molecule has 0 unspecified atom stereocenters. The van der Waals surface area contributed by atoms with Gasteiger partial charge in [-0.2, -0.15) is 0 Å². The molecule has 0 aromatic carbocycles. The van der Waals surface area contributed by atoms with Crippen LogP contribution in [0.3, 0.4) is 0 Å². The number of hydrogen-bond acceptors (Lipinski definition) is 3. The molecule has 4 heteroatoms. The minimum atomic E-state index is 0.218. The summed E-state index contributed by atoms with van der Waals surface area (Å²) in [4.78, 5) is 7.29. The Morgan fingerprint density at radius 3 is 2.70 bits per heavy atom. The summed E-state index contributed by atoms with van der Waals surface area (Å²) in [5.41, 5.74) is 5.70. The molecule has 2 N–H and O–H groups in total. The number of aromatic nitrogens is 2. The normalized spacial score (nSPS) is 8.80. The first-order chi connectivity index (χ1) is 4.75. The van der Waals surface area contributed by atoms with Gasteiger partial charge in [-0.1, -0.05) is 17.5 Å². The molecule has 1 rings (SSSR count). The van der Waals surface area contributed by atoms with Crippen molar-refractivity contribution in [1.82, 2.24) is 9.97 Å². The first kappa shape index (κ1) is 6.84. The molecule has 50 valence electrons. The molecule has 0 radical (unpaired) electrons. The van der Waals surface area contributed by atoms with Crippen molar-refractivity contribution < 1.29 is 0 Å².